The van der Waals surface area contributed by atoms with E-state index in [-0.39, 0.29) is 12.4 Å². The van der Waals surface area contributed by atoms with Gasteiger partial charge in [-0.05, 0) is 54.0 Å². The average molecular weight is 426 g/mol. The summed E-state index contributed by atoms with van der Waals surface area (Å²) < 4.78 is 22.5. The van der Waals surface area contributed by atoms with Gasteiger partial charge in [0, 0.05) is 17.5 Å². The highest BCUT2D eigenvalue weighted by molar-refractivity contribution is 5.85. The first kappa shape index (κ1) is 20.6. The fraction of sp³-hybridized carbons (Fsp3) is 0.440. The Bertz CT molecular complexity index is 1070. The van der Waals surface area contributed by atoms with Crippen LogP contribution in [0.25, 0.3) is 10.9 Å². The maximum absolute atomic E-state index is 14.9. The molecule has 2 aromatic carbocycles. The molecule has 0 amide bonds. The van der Waals surface area contributed by atoms with Gasteiger partial charge in [-0.2, -0.15) is 0 Å². The molecule has 1 saturated carbocycles. The van der Waals surface area contributed by atoms with E-state index >= 15 is 0 Å². The zero-order chi connectivity index (χ0) is 21.7. The van der Waals surface area contributed by atoms with E-state index in [1.807, 2.05) is 0 Å². The summed E-state index contributed by atoms with van der Waals surface area (Å²) in [4.78, 5) is 0. The van der Waals surface area contributed by atoms with Gasteiger partial charge in [0.25, 0.3) is 0 Å². The fourth-order valence-corrected chi connectivity index (χ4v) is 4.76. The van der Waals surface area contributed by atoms with Gasteiger partial charge in [-0.1, -0.05) is 37.3 Å². The summed E-state index contributed by atoms with van der Waals surface area (Å²) in [6.45, 7) is 1.46. The monoisotopic (exact) mass is 425 g/mol. The van der Waals surface area contributed by atoms with Gasteiger partial charge in [-0.15, -0.1) is 0 Å². The molecule has 2 heterocycles. The van der Waals surface area contributed by atoms with Crippen LogP contribution >= 0.6 is 0 Å². The Balaban J connectivity index is 1.53. The van der Waals surface area contributed by atoms with Crippen molar-refractivity contribution < 1.29 is 24.4 Å². The molecule has 0 radical (unpaired) electrons. The van der Waals surface area contributed by atoms with E-state index in [0.29, 0.717) is 23.2 Å². The molecule has 0 spiro atoms. The first-order valence-corrected chi connectivity index (χ1v) is 11.0. The molecule has 1 aliphatic carbocycles. The fourth-order valence-electron chi connectivity index (χ4n) is 4.76. The smallest absolute Gasteiger partial charge is 0.163 e. The zero-order valence-corrected chi connectivity index (χ0v) is 17.5. The van der Waals surface area contributed by atoms with Gasteiger partial charge >= 0.3 is 0 Å². The van der Waals surface area contributed by atoms with E-state index in [4.69, 9.17) is 4.74 Å². The number of aromatic nitrogens is 1. The molecule has 3 aromatic rings. The summed E-state index contributed by atoms with van der Waals surface area (Å²) in [6, 6.07) is 13.3. The van der Waals surface area contributed by atoms with Crippen molar-refractivity contribution in [3.05, 3.63) is 71.2 Å². The summed E-state index contributed by atoms with van der Waals surface area (Å²) in [6.07, 6.45) is 1.06. The molecule has 3 N–H and O–H groups in total. The number of halogens is 1. The van der Waals surface area contributed by atoms with Crippen LogP contribution in [0.1, 0.15) is 48.6 Å². The van der Waals surface area contributed by atoms with Gasteiger partial charge < -0.3 is 24.6 Å². The number of nitrogens with zero attached hydrogens (tertiary/aromatic N) is 1. The van der Waals surface area contributed by atoms with Gasteiger partial charge in [0.05, 0.1) is 24.3 Å². The molecule has 164 valence electrons. The SMILES string of the molecule is CC1C(CO)OC(n2cc(Cc3ccc(C4CC4)cc3)c3c(F)cccc32)[C@H](O)C1O. The molecule has 5 nitrogen and oxygen atoms in total. The minimum absolute atomic E-state index is 0.269. The summed E-state index contributed by atoms with van der Waals surface area (Å²) in [5.74, 6) is -0.0651. The molecule has 1 saturated heterocycles. The number of hydrogen-bond acceptors (Lipinski definition) is 4. The first-order valence-electron chi connectivity index (χ1n) is 11.0. The maximum Gasteiger partial charge on any atom is 0.163 e. The van der Waals surface area contributed by atoms with Crippen molar-refractivity contribution in [1.29, 1.82) is 0 Å². The second-order valence-corrected chi connectivity index (χ2v) is 8.98. The number of aliphatic hydroxyl groups excluding tert-OH is 3. The second-order valence-electron chi connectivity index (χ2n) is 8.98. The Hall–Kier alpha value is -2.25. The highest BCUT2D eigenvalue weighted by Gasteiger charge is 2.43. The van der Waals surface area contributed by atoms with Crippen LogP contribution in [0.5, 0.6) is 0 Å². The lowest BCUT2D eigenvalue weighted by molar-refractivity contribution is -0.228. The van der Waals surface area contributed by atoms with Crippen molar-refractivity contribution >= 4 is 10.9 Å². The van der Waals surface area contributed by atoms with Crippen molar-refractivity contribution in [3.63, 3.8) is 0 Å². The van der Waals surface area contributed by atoms with Crippen molar-refractivity contribution in [1.82, 2.24) is 4.57 Å². The summed E-state index contributed by atoms with van der Waals surface area (Å²) >= 11 is 0. The molecule has 2 fully saturated rings. The van der Waals surface area contributed by atoms with Crippen molar-refractivity contribution in [2.45, 2.75) is 56.6 Å². The largest absolute Gasteiger partial charge is 0.394 e. The third-order valence-electron chi connectivity index (χ3n) is 6.84. The third-order valence-corrected chi connectivity index (χ3v) is 6.84. The topological polar surface area (TPSA) is 74.9 Å². The molecule has 1 aliphatic heterocycles. The number of benzene rings is 2. The van der Waals surface area contributed by atoms with Crippen LogP contribution in [0.2, 0.25) is 0 Å². The van der Waals surface area contributed by atoms with Gasteiger partial charge in [-0.25, -0.2) is 4.39 Å². The standard InChI is InChI=1S/C25H28FNO4/c1-14-21(13-28)31-25(24(30)23(14)29)27-12-18(22-19(26)3-2-4-20(22)27)11-15-5-7-16(8-6-15)17-9-10-17/h2-8,12,14,17,21,23-25,28-30H,9-11,13H2,1H3/t14?,21?,23?,24-,25?/m1/s1. The molecule has 0 bridgehead atoms. The van der Waals surface area contributed by atoms with Crippen LogP contribution in [0.3, 0.4) is 0 Å². The van der Waals surface area contributed by atoms with Crippen LogP contribution < -0.4 is 0 Å². The Labute approximate surface area is 180 Å². The molecular formula is C25H28FNO4. The molecule has 6 heteroatoms. The lowest BCUT2D eigenvalue weighted by Crippen LogP contribution is -2.52. The molecular weight excluding hydrogens is 397 g/mol. The Morgan fingerprint density at radius 2 is 1.81 bits per heavy atom. The van der Waals surface area contributed by atoms with E-state index in [9.17, 15) is 19.7 Å². The number of ether oxygens (including phenoxy) is 1. The van der Waals surface area contributed by atoms with Crippen LogP contribution in [0.4, 0.5) is 4.39 Å². The predicted molar refractivity (Wildman–Crippen MR) is 115 cm³/mol. The normalized spacial score (nSPS) is 28.9. The lowest BCUT2D eigenvalue weighted by Gasteiger charge is -2.41. The summed E-state index contributed by atoms with van der Waals surface area (Å²) in [7, 11) is 0. The average Bonchev–Trinajstić information content (AvgIpc) is 3.56. The van der Waals surface area contributed by atoms with Crippen LogP contribution in [-0.2, 0) is 11.2 Å². The van der Waals surface area contributed by atoms with Crippen molar-refractivity contribution in [2.24, 2.45) is 5.92 Å². The van der Waals surface area contributed by atoms with Crippen LogP contribution in [0, 0.1) is 11.7 Å². The Morgan fingerprint density at radius 3 is 2.48 bits per heavy atom. The van der Waals surface area contributed by atoms with E-state index in [1.54, 1.807) is 29.8 Å². The third kappa shape index (κ3) is 3.68. The number of aliphatic hydroxyl groups is 3. The molecule has 31 heavy (non-hydrogen) atoms. The van der Waals surface area contributed by atoms with E-state index < -0.39 is 30.5 Å². The van der Waals surface area contributed by atoms with E-state index in [0.717, 1.165) is 11.1 Å². The van der Waals surface area contributed by atoms with Gasteiger partial charge in [0.1, 0.15) is 11.9 Å². The minimum atomic E-state index is -1.19. The van der Waals surface area contributed by atoms with E-state index in [2.05, 4.69) is 24.3 Å². The number of fused-ring (bicyclic) bond motifs is 1. The molecule has 5 rings (SSSR count). The number of hydrogen-bond donors (Lipinski definition) is 3. The molecule has 4 unspecified atom stereocenters. The minimum Gasteiger partial charge on any atom is -0.394 e. The summed E-state index contributed by atoms with van der Waals surface area (Å²) in [5.41, 5.74) is 3.82. The van der Waals surface area contributed by atoms with Crippen molar-refractivity contribution in [3.8, 4) is 0 Å². The van der Waals surface area contributed by atoms with Crippen LogP contribution in [0.15, 0.2) is 48.7 Å². The highest BCUT2D eigenvalue weighted by atomic mass is 19.1. The maximum atomic E-state index is 14.9. The summed E-state index contributed by atoms with van der Waals surface area (Å²) in [5, 5.41) is 31.4. The zero-order valence-electron chi connectivity index (χ0n) is 17.5. The second kappa shape index (κ2) is 8.02. The quantitative estimate of drug-likeness (QED) is 0.585. The van der Waals surface area contributed by atoms with Crippen molar-refractivity contribution in [2.75, 3.05) is 6.61 Å². The molecule has 1 aromatic heterocycles. The number of rotatable bonds is 5. The molecule has 5 atom stereocenters. The van der Waals surface area contributed by atoms with Gasteiger partial charge in [-0.3, -0.25) is 0 Å². The predicted octanol–water partition coefficient (Wildman–Crippen LogP) is 3.50. The van der Waals surface area contributed by atoms with Gasteiger partial charge in [0.2, 0.25) is 0 Å². The first-order chi connectivity index (χ1) is 15.0. The lowest BCUT2D eigenvalue weighted by atomic mass is 9.90. The van der Waals surface area contributed by atoms with E-state index in [1.165, 1.54) is 24.5 Å². The highest BCUT2D eigenvalue weighted by Crippen LogP contribution is 2.40. The Kier molecular flexibility index (Phi) is 5.34. The van der Waals surface area contributed by atoms with Crippen LogP contribution in [-0.4, -0.2) is 44.8 Å². The molecule has 2 aliphatic rings. The Morgan fingerprint density at radius 1 is 1.06 bits per heavy atom. The van der Waals surface area contributed by atoms with Gasteiger partial charge in [0.15, 0.2) is 6.23 Å².